The molecule has 0 bridgehead atoms. The quantitative estimate of drug-likeness (QED) is 0.786. The molecule has 1 aromatic carbocycles. The van der Waals surface area contributed by atoms with Crippen molar-refractivity contribution in [3.63, 3.8) is 0 Å². The number of fused-ring (bicyclic) bond motifs is 1. The van der Waals surface area contributed by atoms with E-state index >= 15 is 0 Å². The van der Waals surface area contributed by atoms with Crippen LogP contribution in [0.1, 0.15) is 31.5 Å². The Morgan fingerprint density at radius 2 is 2.16 bits per heavy atom. The average Bonchev–Trinajstić information content (AvgIpc) is 2.77. The molecule has 1 aliphatic rings. The zero-order valence-corrected chi connectivity index (χ0v) is 11.5. The van der Waals surface area contributed by atoms with Crippen molar-refractivity contribution in [3.05, 3.63) is 30.1 Å². The van der Waals surface area contributed by atoms with E-state index in [0.29, 0.717) is 5.92 Å². The highest BCUT2D eigenvalue weighted by Gasteiger charge is 2.26. The summed E-state index contributed by atoms with van der Waals surface area (Å²) in [5.41, 5.74) is 2.21. The molecule has 1 aromatic heterocycles. The molecular formula is C15H19N3O. The molecule has 2 heterocycles. The van der Waals surface area contributed by atoms with Crippen LogP contribution in [-0.4, -0.2) is 33.4 Å². The minimum Gasteiger partial charge on any atom is -0.342 e. The molecule has 1 fully saturated rings. The number of rotatable bonds is 1. The Balaban J connectivity index is 1.95. The van der Waals surface area contributed by atoms with Gasteiger partial charge in [-0.1, -0.05) is 12.1 Å². The standard InChI is InChI=1S/C15H19N3O/c1-11(19)18-9-5-6-12(10-18)15-16-13-7-3-4-8-14(13)17(15)2/h3-4,7-8,12H,5-6,9-10H2,1-2H3/t12-/m0/s1. The van der Waals surface area contributed by atoms with Crippen LogP contribution in [0, 0.1) is 0 Å². The van der Waals surface area contributed by atoms with Crippen LogP contribution in [-0.2, 0) is 11.8 Å². The Labute approximate surface area is 113 Å². The van der Waals surface area contributed by atoms with Crippen LogP contribution < -0.4 is 0 Å². The van der Waals surface area contributed by atoms with Crippen molar-refractivity contribution in [2.75, 3.05) is 13.1 Å². The Bertz CT molecular complexity index is 617. The largest absolute Gasteiger partial charge is 0.342 e. The van der Waals surface area contributed by atoms with Gasteiger partial charge in [-0.05, 0) is 25.0 Å². The first-order valence-corrected chi connectivity index (χ1v) is 6.83. The monoisotopic (exact) mass is 257 g/mol. The SMILES string of the molecule is CC(=O)N1CCC[C@H](c2nc3ccccc3n2C)C1. The molecule has 0 aliphatic carbocycles. The van der Waals surface area contributed by atoms with E-state index in [1.54, 1.807) is 6.92 Å². The van der Waals surface area contributed by atoms with Crippen LogP contribution in [0.2, 0.25) is 0 Å². The molecule has 1 aliphatic heterocycles. The van der Waals surface area contributed by atoms with E-state index in [2.05, 4.69) is 17.7 Å². The first kappa shape index (κ1) is 12.2. The van der Waals surface area contributed by atoms with Crippen molar-refractivity contribution in [1.82, 2.24) is 14.5 Å². The Morgan fingerprint density at radius 1 is 1.37 bits per heavy atom. The number of aromatic nitrogens is 2. The fourth-order valence-corrected chi connectivity index (χ4v) is 3.00. The van der Waals surface area contributed by atoms with Gasteiger partial charge in [0.25, 0.3) is 0 Å². The number of piperidine rings is 1. The summed E-state index contributed by atoms with van der Waals surface area (Å²) in [7, 11) is 2.07. The number of benzene rings is 1. The van der Waals surface area contributed by atoms with Gasteiger partial charge < -0.3 is 9.47 Å². The second-order valence-corrected chi connectivity index (χ2v) is 5.32. The minimum absolute atomic E-state index is 0.170. The Hall–Kier alpha value is -1.84. The lowest BCUT2D eigenvalue weighted by Gasteiger charge is -2.31. The predicted molar refractivity (Wildman–Crippen MR) is 74.9 cm³/mol. The van der Waals surface area contributed by atoms with Crippen molar-refractivity contribution < 1.29 is 4.79 Å². The lowest BCUT2D eigenvalue weighted by atomic mass is 9.97. The number of amides is 1. The van der Waals surface area contributed by atoms with Crippen LogP contribution in [0.25, 0.3) is 11.0 Å². The van der Waals surface area contributed by atoms with Crippen LogP contribution >= 0.6 is 0 Å². The first-order valence-electron chi connectivity index (χ1n) is 6.83. The molecule has 3 rings (SSSR count). The Kier molecular flexibility index (Phi) is 3.01. The van der Waals surface area contributed by atoms with E-state index in [1.165, 1.54) is 0 Å². The molecule has 4 heteroatoms. The summed E-state index contributed by atoms with van der Waals surface area (Å²) in [5.74, 6) is 1.63. The van der Waals surface area contributed by atoms with Crippen LogP contribution in [0.15, 0.2) is 24.3 Å². The topological polar surface area (TPSA) is 38.1 Å². The first-order chi connectivity index (χ1) is 9.16. The van der Waals surface area contributed by atoms with E-state index in [9.17, 15) is 4.79 Å². The molecule has 4 nitrogen and oxygen atoms in total. The third kappa shape index (κ3) is 2.11. The highest BCUT2D eigenvalue weighted by atomic mass is 16.2. The second-order valence-electron chi connectivity index (χ2n) is 5.32. The van der Waals surface area contributed by atoms with Crippen molar-refractivity contribution >= 4 is 16.9 Å². The summed E-state index contributed by atoms with van der Waals surface area (Å²) in [6.45, 7) is 3.33. The summed E-state index contributed by atoms with van der Waals surface area (Å²) >= 11 is 0. The second kappa shape index (κ2) is 4.68. The van der Waals surface area contributed by atoms with Gasteiger partial charge in [-0.3, -0.25) is 4.79 Å². The molecule has 0 unspecified atom stereocenters. The minimum atomic E-state index is 0.170. The van der Waals surface area contributed by atoms with E-state index in [0.717, 1.165) is 42.8 Å². The van der Waals surface area contributed by atoms with Crippen molar-refractivity contribution in [2.24, 2.45) is 7.05 Å². The van der Waals surface area contributed by atoms with Gasteiger partial charge in [-0.25, -0.2) is 4.98 Å². The van der Waals surface area contributed by atoms with Gasteiger partial charge in [0, 0.05) is 33.0 Å². The van der Waals surface area contributed by atoms with E-state index < -0.39 is 0 Å². The molecule has 2 aromatic rings. The molecule has 1 saturated heterocycles. The average molecular weight is 257 g/mol. The molecule has 0 N–H and O–H groups in total. The van der Waals surface area contributed by atoms with Gasteiger partial charge in [0.2, 0.25) is 5.91 Å². The number of carbonyl (C=O) groups excluding carboxylic acids is 1. The predicted octanol–water partition coefficient (Wildman–Crippen LogP) is 2.30. The highest BCUT2D eigenvalue weighted by molar-refractivity contribution is 5.76. The molecule has 1 amide bonds. The maximum Gasteiger partial charge on any atom is 0.219 e. The third-order valence-electron chi connectivity index (χ3n) is 4.05. The summed E-state index contributed by atoms with van der Waals surface area (Å²) in [4.78, 5) is 18.2. The van der Waals surface area contributed by atoms with Crippen molar-refractivity contribution in [3.8, 4) is 0 Å². The molecule has 0 radical (unpaired) electrons. The van der Waals surface area contributed by atoms with Crippen LogP contribution in [0.4, 0.5) is 0 Å². The highest BCUT2D eigenvalue weighted by Crippen LogP contribution is 2.28. The number of nitrogens with zero attached hydrogens (tertiary/aromatic N) is 3. The van der Waals surface area contributed by atoms with Crippen LogP contribution in [0.3, 0.4) is 0 Å². The molecule has 100 valence electrons. The van der Waals surface area contributed by atoms with Crippen molar-refractivity contribution in [2.45, 2.75) is 25.7 Å². The molecule has 0 saturated carbocycles. The van der Waals surface area contributed by atoms with Gasteiger partial charge in [-0.2, -0.15) is 0 Å². The number of aryl methyl sites for hydroxylation is 1. The van der Waals surface area contributed by atoms with Gasteiger partial charge in [0.1, 0.15) is 5.82 Å². The lowest BCUT2D eigenvalue weighted by molar-refractivity contribution is -0.130. The number of hydrogen-bond acceptors (Lipinski definition) is 2. The summed E-state index contributed by atoms with van der Waals surface area (Å²) in [5, 5.41) is 0. The summed E-state index contributed by atoms with van der Waals surface area (Å²) < 4.78 is 2.17. The van der Waals surface area contributed by atoms with E-state index in [1.807, 2.05) is 23.1 Å². The maximum absolute atomic E-state index is 11.5. The van der Waals surface area contributed by atoms with Gasteiger partial charge in [0.15, 0.2) is 0 Å². The normalized spacial score (nSPS) is 19.9. The number of likely N-dealkylation sites (tertiary alicyclic amines) is 1. The van der Waals surface area contributed by atoms with Gasteiger partial charge in [0.05, 0.1) is 11.0 Å². The molecule has 19 heavy (non-hydrogen) atoms. The number of carbonyl (C=O) groups is 1. The fourth-order valence-electron chi connectivity index (χ4n) is 3.00. The maximum atomic E-state index is 11.5. The van der Waals surface area contributed by atoms with Crippen LogP contribution in [0.5, 0.6) is 0 Å². The number of imidazole rings is 1. The zero-order chi connectivity index (χ0) is 13.4. The van der Waals surface area contributed by atoms with Crippen molar-refractivity contribution in [1.29, 1.82) is 0 Å². The van der Waals surface area contributed by atoms with E-state index in [4.69, 9.17) is 4.98 Å². The zero-order valence-electron chi connectivity index (χ0n) is 11.5. The van der Waals surface area contributed by atoms with Gasteiger partial charge in [-0.15, -0.1) is 0 Å². The van der Waals surface area contributed by atoms with Gasteiger partial charge >= 0.3 is 0 Å². The van der Waals surface area contributed by atoms with E-state index in [-0.39, 0.29) is 5.91 Å². The third-order valence-corrected chi connectivity index (χ3v) is 4.05. The molecular weight excluding hydrogens is 238 g/mol. The lowest BCUT2D eigenvalue weighted by Crippen LogP contribution is -2.38. The summed E-state index contributed by atoms with van der Waals surface area (Å²) in [6.07, 6.45) is 2.17. The Morgan fingerprint density at radius 3 is 2.89 bits per heavy atom. The smallest absolute Gasteiger partial charge is 0.219 e. The molecule has 0 spiro atoms. The summed E-state index contributed by atoms with van der Waals surface area (Å²) in [6, 6.07) is 8.19. The fraction of sp³-hybridized carbons (Fsp3) is 0.467. The number of para-hydroxylation sites is 2. The molecule has 1 atom stereocenters. The number of hydrogen-bond donors (Lipinski definition) is 0.